The van der Waals surface area contributed by atoms with E-state index in [1.807, 2.05) is 18.2 Å². The van der Waals surface area contributed by atoms with Crippen molar-refractivity contribution >= 4 is 17.8 Å². The Kier molecular flexibility index (Phi) is 5.12. The molecule has 4 nitrogen and oxygen atoms in total. The summed E-state index contributed by atoms with van der Waals surface area (Å²) in [5.41, 5.74) is 7.02. The van der Waals surface area contributed by atoms with Crippen LogP contribution in [0.5, 0.6) is 0 Å². The Labute approximate surface area is 155 Å². The summed E-state index contributed by atoms with van der Waals surface area (Å²) >= 11 is 0. The lowest BCUT2D eigenvalue weighted by Crippen LogP contribution is -2.48. The molecule has 0 aromatic heterocycles. The number of fused-ring (bicyclic) bond motifs is 1. The van der Waals surface area contributed by atoms with Crippen molar-refractivity contribution in [3.63, 3.8) is 0 Å². The molecule has 1 amide bonds. The second-order valence-electron chi connectivity index (χ2n) is 7.55. The van der Waals surface area contributed by atoms with Crippen molar-refractivity contribution < 1.29 is 4.79 Å². The van der Waals surface area contributed by atoms with Crippen LogP contribution < -0.4 is 10.3 Å². The van der Waals surface area contributed by atoms with Crippen molar-refractivity contribution in [2.45, 2.75) is 45.6 Å². The molecular formula is C22H27N3O. The first kappa shape index (κ1) is 18.2. The first-order chi connectivity index (χ1) is 12.4. The summed E-state index contributed by atoms with van der Waals surface area (Å²) in [6.45, 7) is 10.1. The molecule has 1 N–H and O–H groups in total. The maximum Gasteiger partial charge on any atom is 0.271 e. The Hall–Kier alpha value is -2.62. The molecule has 4 heteroatoms. The number of carbonyl (C=O) groups excluding carboxylic acids is 1. The van der Waals surface area contributed by atoms with Gasteiger partial charge in [-0.3, -0.25) is 4.79 Å². The van der Waals surface area contributed by atoms with Gasteiger partial charge in [0.15, 0.2) is 0 Å². The number of anilines is 1. The van der Waals surface area contributed by atoms with Gasteiger partial charge in [0.1, 0.15) is 0 Å². The highest BCUT2D eigenvalue weighted by Crippen LogP contribution is 2.43. The summed E-state index contributed by atoms with van der Waals surface area (Å²) in [7, 11) is 0. The monoisotopic (exact) mass is 349 g/mol. The van der Waals surface area contributed by atoms with Crippen molar-refractivity contribution in [3.8, 4) is 0 Å². The number of amides is 1. The number of benzene rings is 2. The van der Waals surface area contributed by atoms with E-state index in [0.717, 1.165) is 18.5 Å². The Bertz CT molecular complexity index is 811. The smallest absolute Gasteiger partial charge is 0.271 e. The summed E-state index contributed by atoms with van der Waals surface area (Å²) in [4.78, 5) is 14.5. The van der Waals surface area contributed by atoms with Gasteiger partial charge >= 0.3 is 0 Å². The molecule has 0 saturated carbocycles. The van der Waals surface area contributed by atoms with E-state index in [9.17, 15) is 4.79 Å². The molecule has 136 valence electrons. The summed E-state index contributed by atoms with van der Waals surface area (Å²) < 4.78 is 0. The van der Waals surface area contributed by atoms with Gasteiger partial charge in [-0.1, -0.05) is 31.2 Å². The van der Waals surface area contributed by atoms with Gasteiger partial charge in [-0.2, -0.15) is 5.10 Å². The predicted octanol–water partition coefficient (Wildman–Crippen LogP) is 4.56. The summed E-state index contributed by atoms with van der Waals surface area (Å²) in [5.74, 6) is 0.294. The molecule has 0 spiro atoms. The number of hydrazone groups is 1. The second kappa shape index (κ2) is 7.32. The topological polar surface area (TPSA) is 44.7 Å². The van der Waals surface area contributed by atoms with Gasteiger partial charge in [-0.05, 0) is 68.5 Å². The molecular weight excluding hydrogens is 322 g/mol. The van der Waals surface area contributed by atoms with Crippen molar-refractivity contribution in [3.05, 3.63) is 65.2 Å². The maximum atomic E-state index is 12.0. The minimum Gasteiger partial charge on any atom is -0.366 e. The number of nitrogens with zero attached hydrogens (tertiary/aromatic N) is 2. The fraction of sp³-hybridized carbons (Fsp3) is 0.364. The molecule has 3 rings (SSSR count). The Morgan fingerprint density at radius 2 is 2.00 bits per heavy atom. The Morgan fingerprint density at radius 3 is 2.69 bits per heavy atom. The van der Waals surface area contributed by atoms with Crippen LogP contribution >= 0.6 is 0 Å². The average molecular weight is 349 g/mol. The van der Waals surface area contributed by atoms with Crippen molar-refractivity contribution in [2.75, 3.05) is 11.4 Å². The van der Waals surface area contributed by atoms with E-state index in [0.29, 0.717) is 11.5 Å². The van der Waals surface area contributed by atoms with Crippen LogP contribution in [-0.2, 0) is 0 Å². The Balaban J connectivity index is 1.77. The number of carbonyl (C=O) groups is 1. The minimum atomic E-state index is -0.202. The van der Waals surface area contributed by atoms with E-state index in [1.165, 1.54) is 11.3 Å². The third-order valence-corrected chi connectivity index (χ3v) is 5.14. The Morgan fingerprint density at radius 1 is 1.27 bits per heavy atom. The lowest BCUT2D eigenvalue weighted by Gasteiger charge is -2.47. The van der Waals surface area contributed by atoms with E-state index < -0.39 is 0 Å². The van der Waals surface area contributed by atoms with Crippen LogP contribution in [-0.4, -0.2) is 24.2 Å². The van der Waals surface area contributed by atoms with Gasteiger partial charge in [-0.15, -0.1) is 0 Å². The van der Waals surface area contributed by atoms with Gasteiger partial charge in [0, 0.05) is 23.3 Å². The lowest BCUT2D eigenvalue weighted by molar-refractivity contribution is 0.0955. The van der Waals surface area contributed by atoms with Crippen LogP contribution in [0.3, 0.4) is 0 Å². The zero-order valence-corrected chi connectivity index (χ0v) is 16.0. The highest BCUT2D eigenvalue weighted by atomic mass is 16.2. The fourth-order valence-corrected chi connectivity index (χ4v) is 4.01. The molecule has 1 heterocycles. The third kappa shape index (κ3) is 3.64. The highest BCUT2D eigenvalue weighted by molar-refractivity contribution is 5.94. The lowest BCUT2D eigenvalue weighted by atomic mass is 9.79. The molecule has 2 aromatic carbocycles. The maximum absolute atomic E-state index is 12.0. The SMILES string of the molecule is CCN1c2ccc(/C=N/NC(=O)c3ccccc3)cc2C(C)CC1(C)C. The number of rotatable bonds is 4. The quantitative estimate of drug-likeness (QED) is 0.649. The first-order valence-corrected chi connectivity index (χ1v) is 9.22. The van der Waals surface area contributed by atoms with Crippen LogP contribution in [0.25, 0.3) is 0 Å². The van der Waals surface area contributed by atoms with E-state index in [2.05, 4.69) is 61.3 Å². The van der Waals surface area contributed by atoms with Gasteiger partial charge in [0.05, 0.1) is 6.21 Å². The average Bonchev–Trinajstić information content (AvgIpc) is 2.62. The van der Waals surface area contributed by atoms with Crippen LogP contribution in [0.4, 0.5) is 5.69 Å². The van der Waals surface area contributed by atoms with Crippen LogP contribution in [0.1, 0.15) is 61.5 Å². The first-order valence-electron chi connectivity index (χ1n) is 9.22. The standard InChI is InChI=1S/C22H27N3O/c1-5-25-20-12-11-17(13-19(20)16(2)14-22(25,3)4)15-23-24-21(26)18-9-7-6-8-10-18/h6-13,15-16H,5,14H2,1-4H3,(H,24,26)/b23-15+. The van der Waals surface area contributed by atoms with Crippen LogP contribution in [0.15, 0.2) is 53.6 Å². The summed E-state index contributed by atoms with van der Waals surface area (Å²) in [6, 6.07) is 15.5. The van der Waals surface area contributed by atoms with Gasteiger partial charge in [0.25, 0.3) is 5.91 Å². The molecule has 0 aliphatic carbocycles. The minimum absolute atomic E-state index is 0.167. The third-order valence-electron chi connectivity index (χ3n) is 5.14. The molecule has 2 aromatic rings. The summed E-state index contributed by atoms with van der Waals surface area (Å²) in [5, 5.41) is 4.12. The van der Waals surface area contributed by atoms with Crippen LogP contribution in [0.2, 0.25) is 0 Å². The van der Waals surface area contributed by atoms with E-state index in [-0.39, 0.29) is 11.4 Å². The van der Waals surface area contributed by atoms with Crippen molar-refractivity contribution in [1.82, 2.24) is 5.43 Å². The fourth-order valence-electron chi connectivity index (χ4n) is 4.01. The molecule has 1 aliphatic heterocycles. The molecule has 0 saturated heterocycles. The molecule has 1 unspecified atom stereocenters. The zero-order valence-electron chi connectivity index (χ0n) is 16.0. The highest BCUT2D eigenvalue weighted by Gasteiger charge is 2.35. The number of hydrogen-bond donors (Lipinski definition) is 1. The molecule has 26 heavy (non-hydrogen) atoms. The normalized spacial score (nSPS) is 18.6. The largest absolute Gasteiger partial charge is 0.366 e. The predicted molar refractivity (Wildman–Crippen MR) is 108 cm³/mol. The second-order valence-corrected chi connectivity index (χ2v) is 7.55. The zero-order chi connectivity index (χ0) is 18.7. The van der Waals surface area contributed by atoms with E-state index in [1.54, 1.807) is 18.3 Å². The van der Waals surface area contributed by atoms with Gasteiger partial charge < -0.3 is 4.90 Å². The van der Waals surface area contributed by atoms with E-state index >= 15 is 0 Å². The van der Waals surface area contributed by atoms with Gasteiger partial charge in [-0.25, -0.2) is 5.43 Å². The van der Waals surface area contributed by atoms with Crippen molar-refractivity contribution in [2.24, 2.45) is 5.10 Å². The summed E-state index contributed by atoms with van der Waals surface area (Å²) in [6.07, 6.45) is 2.84. The van der Waals surface area contributed by atoms with Crippen molar-refractivity contribution in [1.29, 1.82) is 0 Å². The van der Waals surface area contributed by atoms with E-state index in [4.69, 9.17) is 0 Å². The number of nitrogens with one attached hydrogen (secondary N) is 1. The molecule has 1 atom stereocenters. The van der Waals surface area contributed by atoms with Crippen LogP contribution in [0, 0.1) is 0 Å². The molecule has 0 bridgehead atoms. The molecule has 0 fully saturated rings. The molecule has 0 radical (unpaired) electrons. The number of hydrogen-bond acceptors (Lipinski definition) is 3. The van der Waals surface area contributed by atoms with Gasteiger partial charge in [0.2, 0.25) is 0 Å². The molecule has 1 aliphatic rings.